The average molecular weight is 330 g/mol. The zero-order valence-electron chi connectivity index (χ0n) is 7.41. The van der Waals surface area contributed by atoms with Crippen molar-refractivity contribution in [2.75, 3.05) is 7.11 Å². The summed E-state index contributed by atoms with van der Waals surface area (Å²) in [5, 5.41) is 10.4. The largest absolute Gasteiger partial charge is 0.462 e. The number of nitrogens with zero attached hydrogens (tertiary/aromatic N) is 2. The number of halogens is 3. The molecule has 15 heavy (non-hydrogen) atoms. The van der Waals surface area contributed by atoms with E-state index in [1.807, 2.05) is 0 Å². The first-order valence-corrected chi connectivity index (χ1v) is 4.72. The van der Waals surface area contributed by atoms with Crippen molar-refractivity contribution in [1.29, 1.82) is 0 Å². The Bertz CT molecular complexity index is 400. The Kier molecular flexibility index (Phi) is 3.72. The molecule has 0 saturated heterocycles. The van der Waals surface area contributed by atoms with Gasteiger partial charge in [-0.05, 0) is 27.5 Å². The quantitative estimate of drug-likeness (QED) is 0.485. The van der Waals surface area contributed by atoms with E-state index in [0.29, 0.717) is 0 Å². The van der Waals surface area contributed by atoms with E-state index < -0.39 is 22.7 Å². The Labute approximate surface area is 96.7 Å². The van der Waals surface area contributed by atoms with Gasteiger partial charge in [0.1, 0.15) is 3.57 Å². The van der Waals surface area contributed by atoms with Gasteiger partial charge in [-0.15, -0.1) is 0 Å². The highest BCUT2D eigenvalue weighted by Crippen LogP contribution is 2.32. The van der Waals surface area contributed by atoms with Crippen molar-refractivity contribution < 1.29 is 18.4 Å². The van der Waals surface area contributed by atoms with Gasteiger partial charge < -0.3 is 14.9 Å². The van der Waals surface area contributed by atoms with Crippen LogP contribution in [0.3, 0.4) is 0 Å². The second kappa shape index (κ2) is 4.64. The zero-order valence-corrected chi connectivity index (χ0v) is 9.57. The predicted molar refractivity (Wildman–Crippen MR) is 55.1 cm³/mol. The number of methoxy groups -OCH3 is 1. The Morgan fingerprint density at radius 2 is 2.27 bits per heavy atom. The van der Waals surface area contributed by atoms with Crippen LogP contribution in [0.4, 0.5) is 14.6 Å². The fourth-order valence-corrected chi connectivity index (χ4v) is 1.63. The van der Waals surface area contributed by atoms with E-state index in [0.717, 1.165) is 6.07 Å². The number of hydrogen-bond donors (Lipinski definition) is 0. The van der Waals surface area contributed by atoms with Gasteiger partial charge in [-0.2, -0.15) is 0 Å². The number of rotatable bonds is 3. The lowest BCUT2D eigenvalue weighted by Gasteiger charge is -2.04. The van der Waals surface area contributed by atoms with Crippen molar-refractivity contribution in [3.8, 4) is 5.88 Å². The summed E-state index contributed by atoms with van der Waals surface area (Å²) in [4.78, 5) is 13.0. The molecule has 0 radical (unpaired) electrons. The molecule has 0 spiro atoms. The molecule has 0 bridgehead atoms. The molecule has 0 N–H and O–H groups in total. The number of nitro groups is 1. The molecule has 1 aromatic rings. The Balaban J connectivity index is 3.38. The van der Waals surface area contributed by atoms with Crippen molar-refractivity contribution in [3.05, 3.63) is 25.3 Å². The number of alkyl halides is 2. The van der Waals surface area contributed by atoms with Crippen LogP contribution in [0.5, 0.6) is 5.88 Å². The summed E-state index contributed by atoms with van der Waals surface area (Å²) in [5.41, 5.74) is -0.450. The minimum Gasteiger partial charge on any atom is -0.462 e. The normalized spacial score (nSPS) is 10.5. The highest BCUT2D eigenvalue weighted by atomic mass is 127. The first-order chi connectivity index (χ1) is 6.97. The summed E-state index contributed by atoms with van der Waals surface area (Å²) >= 11 is 1.61. The van der Waals surface area contributed by atoms with E-state index in [9.17, 15) is 18.9 Å². The third-order valence-corrected chi connectivity index (χ3v) is 2.64. The van der Waals surface area contributed by atoms with Crippen LogP contribution in [-0.4, -0.2) is 17.0 Å². The van der Waals surface area contributed by atoms with E-state index in [1.54, 1.807) is 22.6 Å². The molecule has 0 aromatic carbocycles. The van der Waals surface area contributed by atoms with Gasteiger partial charge in [-0.25, -0.2) is 8.78 Å². The summed E-state index contributed by atoms with van der Waals surface area (Å²) in [6.07, 6.45) is -2.80. The lowest BCUT2D eigenvalue weighted by Crippen LogP contribution is -2.01. The molecule has 1 heterocycles. The maximum atomic E-state index is 12.5. The van der Waals surface area contributed by atoms with Crippen molar-refractivity contribution in [1.82, 2.24) is 4.98 Å². The highest BCUT2D eigenvalue weighted by Gasteiger charge is 2.24. The Morgan fingerprint density at radius 3 is 2.67 bits per heavy atom. The summed E-state index contributed by atoms with van der Waals surface area (Å²) in [7, 11) is 1.21. The molecule has 5 nitrogen and oxygen atoms in total. The third-order valence-electron chi connectivity index (χ3n) is 1.56. The summed E-state index contributed by atoms with van der Waals surface area (Å²) in [6, 6.07) is 0.745. The van der Waals surface area contributed by atoms with Crippen LogP contribution in [-0.2, 0) is 0 Å². The lowest BCUT2D eigenvalue weighted by atomic mass is 10.2. The molecule has 0 fully saturated rings. The van der Waals surface area contributed by atoms with Crippen LogP contribution < -0.4 is 4.74 Å². The predicted octanol–water partition coefficient (Wildman–Crippen LogP) is 2.54. The average Bonchev–Trinajstić information content (AvgIpc) is 2.17. The maximum Gasteiger partial charge on any atom is 0.368 e. The molecule has 82 valence electrons. The van der Waals surface area contributed by atoms with Crippen molar-refractivity contribution in [2.45, 2.75) is 6.43 Å². The standard InChI is InChI=1S/C7H5F2IN2O3/c1-15-7-5(10)3(6(8)9)2-4(11-7)12(13)14/h2,6H,1H3. The SMILES string of the molecule is COc1nc([N+](=O)[O-])cc(C(F)F)c1I. The van der Waals surface area contributed by atoms with Gasteiger partial charge in [0.15, 0.2) is 0 Å². The summed E-state index contributed by atoms with van der Waals surface area (Å²) in [5.74, 6) is -0.817. The van der Waals surface area contributed by atoms with Gasteiger partial charge >= 0.3 is 11.7 Å². The van der Waals surface area contributed by atoms with Gasteiger partial charge in [-0.3, -0.25) is 0 Å². The molecule has 1 aromatic heterocycles. The number of aromatic nitrogens is 1. The van der Waals surface area contributed by atoms with Gasteiger partial charge in [0.25, 0.3) is 6.43 Å². The first kappa shape index (κ1) is 12.0. The fraction of sp³-hybridized carbons (Fsp3) is 0.286. The van der Waals surface area contributed by atoms with E-state index in [1.165, 1.54) is 7.11 Å². The molecule has 8 heteroatoms. The van der Waals surface area contributed by atoms with Gasteiger partial charge in [-0.1, -0.05) is 0 Å². The number of hydrogen-bond acceptors (Lipinski definition) is 4. The second-order valence-corrected chi connectivity index (χ2v) is 3.53. The molecular weight excluding hydrogens is 325 g/mol. The van der Waals surface area contributed by atoms with Crippen LogP contribution in [0.2, 0.25) is 0 Å². The third kappa shape index (κ3) is 2.49. The second-order valence-electron chi connectivity index (χ2n) is 2.45. The van der Waals surface area contributed by atoms with E-state index in [4.69, 9.17) is 0 Å². The molecule has 1 rings (SSSR count). The molecule has 0 aliphatic rings. The topological polar surface area (TPSA) is 65.3 Å². The lowest BCUT2D eigenvalue weighted by molar-refractivity contribution is -0.389. The number of pyridine rings is 1. The van der Waals surface area contributed by atoms with E-state index >= 15 is 0 Å². The van der Waals surface area contributed by atoms with E-state index in [2.05, 4.69) is 9.72 Å². The first-order valence-electron chi connectivity index (χ1n) is 3.64. The number of ether oxygens (including phenoxy) is 1. The van der Waals surface area contributed by atoms with Gasteiger partial charge in [0, 0.05) is 16.6 Å². The van der Waals surface area contributed by atoms with Crippen LogP contribution in [0.1, 0.15) is 12.0 Å². The van der Waals surface area contributed by atoms with Crippen LogP contribution in [0.15, 0.2) is 6.07 Å². The van der Waals surface area contributed by atoms with Crippen LogP contribution in [0, 0.1) is 13.7 Å². The zero-order chi connectivity index (χ0) is 11.6. The monoisotopic (exact) mass is 330 g/mol. The van der Waals surface area contributed by atoms with Crippen LogP contribution >= 0.6 is 22.6 Å². The highest BCUT2D eigenvalue weighted by molar-refractivity contribution is 14.1. The summed E-state index contributed by atoms with van der Waals surface area (Å²) < 4.78 is 29.7. The Hall–Kier alpha value is -1.06. The minimum atomic E-state index is -2.80. The van der Waals surface area contributed by atoms with Crippen molar-refractivity contribution in [2.24, 2.45) is 0 Å². The van der Waals surface area contributed by atoms with Crippen molar-refractivity contribution in [3.63, 3.8) is 0 Å². The molecule has 0 atom stereocenters. The Morgan fingerprint density at radius 1 is 1.67 bits per heavy atom. The molecular formula is C7H5F2IN2O3. The minimum absolute atomic E-state index is 0.0794. The molecule has 0 amide bonds. The maximum absolute atomic E-state index is 12.5. The van der Waals surface area contributed by atoms with E-state index in [-0.39, 0.29) is 9.45 Å². The smallest absolute Gasteiger partial charge is 0.368 e. The fourth-order valence-electron chi connectivity index (χ4n) is 0.899. The molecule has 0 aliphatic carbocycles. The van der Waals surface area contributed by atoms with Gasteiger partial charge in [0.2, 0.25) is 0 Å². The molecule has 0 unspecified atom stereocenters. The van der Waals surface area contributed by atoms with Gasteiger partial charge in [0.05, 0.1) is 7.11 Å². The summed E-state index contributed by atoms with van der Waals surface area (Å²) in [6.45, 7) is 0. The van der Waals surface area contributed by atoms with Crippen molar-refractivity contribution >= 4 is 28.4 Å². The molecule has 0 saturated carbocycles. The van der Waals surface area contributed by atoms with Crippen LogP contribution in [0.25, 0.3) is 0 Å². The molecule has 0 aliphatic heterocycles.